The summed E-state index contributed by atoms with van der Waals surface area (Å²) in [5.74, 6) is 1.09. The summed E-state index contributed by atoms with van der Waals surface area (Å²) in [5, 5.41) is 0. The number of rotatable bonds is 1. The van der Waals surface area contributed by atoms with E-state index in [1.165, 1.54) is 0 Å². The van der Waals surface area contributed by atoms with Crippen molar-refractivity contribution < 1.29 is 8.42 Å². The van der Waals surface area contributed by atoms with Crippen LogP contribution in [0.5, 0.6) is 0 Å². The van der Waals surface area contributed by atoms with Crippen LogP contribution in [0.2, 0.25) is 0 Å². The molecule has 0 aliphatic carbocycles. The zero-order valence-electron chi connectivity index (χ0n) is 7.66. The molecular weight excluding hydrogens is 174 g/mol. The predicted octanol–water partition coefficient (Wildman–Crippen LogP) is 0.404. The summed E-state index contributed by atoms with van der Waals surface area (Å²) in [7, 11) is -2.79. The molecule has 12 heavy (non-hydrogen) atoms. The maximum absolute atomic E-state index is 11.3. The molecule has 4 heteroatoms. The van der Waals surface area contributed by atoms with Crippen LogP contribution in [0.1, 0.15) is 20.3 Å². The molecule has 1 aliphatic heterocycles. The Balaban J connectivity index is 2.73. The molecule has 3 nitrogen and oxygen atoms in total. The Morgan fingerprint density at radius 2 is 2.00 bits per heavy atom. The summed E-state index contributed by atoms with van der Waals surface area (Å²) in [6.45, 7) is 4.07. The maximum Gasteiger partial charge on any atom is 0.150 e. The van der Waals surface area contributed by atoms with Gasteiger partial charge in [-0.05, 0) is 18.3 Å². The summed E-state index contributed by atoms with van der Waals surface area (Å²) < 4.78 is 22.5. The van der Waals surface area contributed by atoms with Gasteiger partial charge in [0.15, 0.2) is 9.84 Å². The van der Waals surface area contributed by atoms with Crippen molar-refractivity contribution in [3.63, 3.8) is 0 Å². The highest BCUT2D eigenvalue weighted by molar-refractivity contribution is 7.91. The molecule has 1 fully saturated rings. The van der Waals surface area contributed by atoms with Gasteiger partial charge in [-0.2, -0.15) is 0 Å². The van der Waals surface area contributed by atoms with Crippen molar-refractivity contribution in [1.82, 2.24) is 0 Å². The number of sulfone groups is 1. The fraction of sp³-hybridized carbons (Fsp3) is 1.00. The fourth-order valence-electron chi connectivity index (χ4n) is 1.72. The molecule has 0 bridgehead atoms. The maximum atomic E-state index is 11.3. The van der Waals surface area contributed by atoms with Crippen molar-refractivity contribution in [1.29, 1.82) is 0 Å². The van der Waals surface area contributed by atoms with E-state index in [0.717, 1.165) is 0 Å². The third-order valence-corrected chi connectivity index (χ3v) is 4.37. The summed E-state index contributed by atoms with van der Waals surface area (Å²) in [4.78, 5) is 0. The SMILES string of the molecule is CC(C)C1CS(=O)(=O)CCC1N. The third kappa shape index (κ3) is 2.20. The Hall–Kier alpha value is -0.0900. The summed E-state index contributed by atoms with van der Waals surface area (Å²) >= 11 is 0. The standard InChI is InChI=1S/C8H17NO2S/c1-6(2)7-5-12(10,11)4-3-8(7)9/h6-8H,3-5,9H2,1-2H3. The highest BCUT2D eigenvalue weighted by atomic mass is 32.2. The van der Waals surface area contributed by atoms with Gasteiger partial charge in [0.05, 0.1) is 11.5 Å². The van der Waals surface area contributed by atoms with E-state index in [0.29, 0.717) is 12.3 Å². The molecule has 0 amide bonds. The molecule has 72 valence electrons. The molecule has 0 aromatic heterocycles. The Kier molecular flexibility index (Phi) is 2.78. The van der Waals surface area contributed by atoms with Gasteiger partial charge in [-0.15, -0.1) is 0 Å². The highest BCUT2D eigenvalue weighted by Crippen LogP contribution is 2.23. The number of nitrogens with two attached hydrogens (primary N) is 1. The van der Waals surface area contributed by atoms with Crippen LogP contribution in [0, 0.1) is 11.8 Å². The molecule has 0 spiro atoms. The zero-order valence-corrected chi connectivity index (χ0v) is 8.47. The smallest absolute Gasteiger partial charge is 0.150 e. The van der Waals surface area contributed by atoms with Gasteiger partial charge in [0.25, 0.3) is 0 Å². The Morgan fingerprint density at radius 3 is 2.42 bits per heavy atom. The monoisotopic (exact) mass is 191 g/mol. The van der Waals surface area contributed by atoms with Gasteiger partial charge in [-0.1, -0.05) is 13.8 Å². The van der Waals surface area contributed by atoms with Crippen molar-refractivity contribution in [2.45, 2.75) is 26.3 Å². The first kappa shape index (κ1) is 9.99. The molecule has 1 heterocycles. The molecule has 2 unspecified atom stereocenters. The van der Waals surface area contributed by atoms with Gasteiger partial charge in [0.1, 0.15) is 0 Å². The normalized spacial score (nSPS) is 35.3. The molecular formula is C8H17NO2S. The van der Waals surface area contributed by atoms with Gasteiger partial charge in [-0.25, -0.2) is 8.42 Å². The van der Waals surface area contributed by atoms with Crippen molar-refractivity contribution in [3.8, 4) is 0 Å². The van der Waals surface area contributed by atoms with Crippen molar-refractivity contribution in [3.05, 3.63) is 0 Å². The van der Waals surface area contributed by atoms with E-state index >= 15 is 0 Å². The van der Waals surface area contributed by atoms with E-state index in [4.69, 9.17) is 5.73 Å². The lowest BCUT2D eigenvalue weighted by molar-refractivity contribution is 0.329. The molecule has 2 N–H and O–H groups in total. The molecule has 2 atom stereocenters. The van der Waals surface area contributed by atoms with E-state index < -0.39 is 9.84 Å². The van der Waals surface area contributed by atoms with Crippen molar-refractivity contribution in [2.75, 3.05) is 11.5 Å². The first-order chi connectivity index (χ1) is 5.42. The molecule has 0 radical (unpaired) electrons. The van der Waals surface area contributed by atoms with Gasteiger partial charge >= 0.3 is 0 Å². The topological polar surface area (TPSA) is 60.2 Å². The zero-order chi connectivity index (χ0) is 9.35. The largest absolute Gasteiger partial charge is 0.327 e. The predicted molar refractivity (Wildman–Crippen MR) is 49.6 cm³/mol. The third-order valence-electron chi connectivity index (χ3n) is 2.61. The lowest BCUT2D eigenvalue weighted by Crippen LogP contribution is -2.44. The lowest BCUT2D eigenvalue weighted by atomic mass is 9.89. The van der Waals surface area contributed by atoms with Crippen LogP contribution in [-0.2, 0) is 9.84 Å². The molecule has 1 aliphatic rings. The Labute approximate surface area is 74.3 Å². The minimum atomic E-state index is -2.79. The van der Waals surface area contributed by atoms with E-state index in [1.54, 1.807) is 0 Å². The van der Waals surface area contributed by atoms with Crippen LogP contribution < -0.4 is 5.73 Å². The van der Waals surface area contributed by atoms with Gasteiger partial charge in [-0.3, -0.25) is 0 Å². The average Bonchev–Trinajstić information content (AvgIpc) is 1.94. The van der Waals surface area contributed by atoms with Crippen LogP contribution in [-0.4, -0.2) is 26.0 Å². The minimum Gasteiger partial charge on any atom is -0.327 e. The van der Waals surface area contributed by atoms with Gasteiger partial charge in [0, 0.05) is 6.04 Å². The van der Waals surface area contributed by atoms with E-state index in [1.807, 2.05) is 13.8 Å². The van der Waals surface area contributed by atoms with E-state index in [9.17, 15) is 8.42 Å². The van der Waals surface area contributed by atoms with E-state index in [2.05, 4.69) is 0 Å². The van der Waals surface area contributed by atoms with Crippen molar-refractivity contribution in [2.24, 2.45) is 17.6 Å². The van der Waals surface area contributed by atoms with Crippen LogP contribution in [0.15, 0.2) is 0 Å². The summed E-state index contributed by atoms with van der Waals surface area (Å²) in [6.07, 6.45) is 0.630. The highest BCUT2D eigenvalue weighted by Gasteiger charge is 2.32. The first-order valence-corrected chi connectivity index (χ1v) is 6.20. The molecule has 0 saturated carbocycles. The Bertz CT molecular complexity index is 246. The van der Waals surface area contributed by atoms with Gasteiger partial charge < -0.3 is 5.73 Å². The van der Waals surface area contributed by atoms with Crippen LogP contribution in [0.4, 0.5) is 0 Å². The number of hydrogen-bond donors (Lipinski definition) is 1. The Morgan fingerprint density at radius 1 is 1.42 bits per heavy atom. The molecule has 0 aromatic rings. The second-order valence-corrected chi connectivity index (χ2v) is 6.20. The second-order valence-electron chi connectivity index (χ2n) is 3.97. The summed E-state index contributed by atoms with van der Waals surface area (Å²) in [6, 6.07) is 0.0773. The van der Waals surface area contributed by atoms with Crippen LogP contribution in [0.3, 0.4) is 0 Å². The fourth-order valence-corrected chi connectivity index (χ4v) is 3.73. The van der Waals surface area contributed by atoms with E-state index in [-0.39, 0.29) is 23.5 Å². The average molecular weight is 191 g/mol. The van der Waals surface area contributed by atoms with Crippen LogP contribution in [0.25, 0.3) is 0 Å². The lowest BCUT2D eigenvalue weighted by Gasteiger charge is -2.31. The number of hydrogen-bond acceptors (Lipinski definition) is 3. The molecule has 1 saturated heterocycles. The quantitative estimate of drug-likeness (QED) is 0.653. The van der Waals surface area contributed by atoms with Crippen LogP contribution >= 0.6 is 0 Å². The van der Waals surface area contributed by atoms with Gasteiger partial charge in [0.2, 0.25) is 0 Å². The molecule has 0 aromatic carbocycles. The summed E-state index contributed by atoms with van der Waals surface area (Å²) in [5.41, 5.74) is 5.84. The minimum absolute atomic E-state index is 0.0773. The van der Waals surface area contributed by atoms with Crippen molar-refractivity contribution >= 4 is 9.84 Å². The first-order valence-electron chi connectivity index (χ1n) is 4.38. The molecule has 1 rings (SSSR count). The second kappa shape index (κ2) is 3.34.